The van der Waals surface area contributed by atoms with Gasteiger partial charge in [-0.2, -0.15) is 0 Å². The topological polar surface area (TPSA) is 32.8 Å². The van der Waals surface area contributed by atoms with Crippen molar-refractivity contribution in [1.82, 2.24) is 9.80 Å². The highest BCUT2D eigenvalue weighted by Gasteiger charge is 2.61. The lowest BCUT2D eigenvalue weighted by Crippen LogP contribution is -2.42. The van der Waals surface area contributed by atoms with Gasteiger partial charge >= 0.3 is 5.97 Å². The van der Waals surface area contributed by atoms with Gasteiger partial charge in [0.2, 0.25) is 0 Å². The first-order valence-electron chi connectivity index (χ1n) is 8.66. The normalized spacial score (nSPS) is 36.5. The molecule has 0 aromatic carbocycles. The standard InChI is InChI=1S/C17H30N2O2/c1-3-21-15(20)7-6-10-19-13-16-8-4-5-9-17(16,14-19)12-18(2)11-16/h3-14H2,1-2H3. The van der Waals surface area contributed by atoms with E-state index in [9.17, 15) is 4.79 Å². The van der Waals surface area contributed by atoms with E-state index in [2.05, 4.69) is 16.8 Å². The van der Waals surface area contributed by atoms with E-state index in [1.165, 1.54) is 51.9 Å². The van der Waals surface area contributed by atoms with Crippen LogP contribution >= 0.6 is 0 Å². The number of rotatable bonds is 5. The van der Waals surface area contributed by atoms with E-state index in [1.807, 2.05) is 6.92 Å². The van der Waals surface area contributed by atoms with E-state index in [0.29, 0.717) is 23.9 Å². The molecule has 0 aromatic rings. The van der Waals surface area contributed by atoms with Crippen molar-refractivity contribution in [2.24, 2.45) is 10.8 Å². The average molecular weight is 294 g/mol. The number of carbonyl (C=O) groups is 1. The van der Waals surface area contributed by atoms with Gasteiger partial charge in [-0.3, -0.25) is 4.79 Å². The molecular weight excluding hydrogens is 264 g/mol. The summed E-state index contributed by atoms with van der Waals surface area (Å²) in [6.45, 7) is 8.50. The highest BCUT2D eigenvalue weighted by Crippen LogP contribution is 2.59. The van der Waals surface area contributed by atoms with Gasteiger partial charge < -0.3 is 14.5 Å². The Morgan fingerprint density at radius 2 is 1.71 bits per heavy atom. The largest absolute Gasteiger partial charge is 0.466 e. The third-order valence-electron chi connectivity index (χ3n) is 6.04. The molecule has 2 heterocycles. The molecule has 0 bridgehead atoms. The van der Waals surface area contributed by atoms with Gasteiger partial charge in [-0.15, -0.1) is 0 Å². The highest BCUT2D eigenvalue weighted by atomic mass is 16.5. The fourth-order valence-electron chi connectivity index (χ4n) is 5.38. The second-order valence-corrected chi connectivity index (χ2v) is 7.56. The van der Waals surface area contributed by atoms with Crippen LogP contribution in [0.15, 0.2) is 0 Å². The van der Waals surface area contributed by atoms with Crippen molar-refractivity contribution in [3.05, 3.63) is 0 Å². The molecule has 2 saturated heterocycles. The zero-order valence-electron chi connectivity index (χ0n) is 13.7. The molecule has 2 aliphatic heterocycles. The summed E-state index contributed by atoms with van der Waals surface area (Å²) < 4.78 is 5.02. The highest BCUT2D eigenvalue weighted by molar-refractivity contribution is 5.69. The van der Waals surface area contributed by atoms with E-state index >= 15 is 0 Å². The summed E-state index contributed by atoms with van der Waals surface area (Å²) in [4.78, 5) is 16.7. The van der Waals surface area contributed by atoms with Gasteiger partial charge in [0.1, 0.15) is 0 Å². The molecule has 4 nitrogen and oxygen atoms in total. The van der Waals surface area contributed by atoms with Crippen LogP contribution in [-0.4, -0.2) is 62.1 Å². The summed E-state index contributed by atoms with van der Waals surface area (Å²) in [6.07, 6.45) is 7.15. The van der Waals surface area contributed by atoms with Crippen molar-refractivity contribution < 1.29 is 9.53 Å². The Morgan fingerprint density at radius 1 is 1.10 bits per heavy atom. The van der Waals surface area contributed by atoms with Crippen molar-refractivity contribution in [3.63, 3.8) is 0 Å². The van der Waals surface area contributed by atoms with Crippen LogP contribution in [0.3, 0.4) is 0 Å². The molecule has 4 heteroatoms. The predicted molar refractivity (Wildman–Crippen MR) is 83.1 cm³/mol. The zero-order chi connectivity index (χ0) is 14.9. The maximum Gasteiger partial charge on any atom is 0.305 e. The smallest absolute Gasteiger partial charge is 0.305 e. The molecule has 0 N–H and O–H groups in total. The number of nitrogens with zero attached hydrogens (tertiary/aromatic N) is 2. The SMILES string of the molecule is CCOC(=O)CCCN1CC23CCCCC2(CN(C)C3)C1. The van der Waals surface area contributed by atoms with Gasteiger partial charge in [-0.05, 0) is 39.8 Å². The second kappa shape index (κ2) is 5.88. The second-order valence-electron chi connectivity index (χ2n) is 7.56. The number of carbonyl (C=O) groups excluding carboxylic acids is 1. The van der Waals surface area contributed by atoms with Crippen LogP contribution in [0.25, 0.3) is 0 Å². The van der Waals surface area contributed by atoms with E-state index in [0.717, 1.165) is 13.0 Å². The number of likely N-dealkylation sites (tertiary alicyclic amines) is 2. The van der Waals surface area contributed by atoms with Crippen molar-refractivity contribution in [2.45, 2.75) is 45.4 Å². The van der Waals surface area contributed by atoms with Gasteiger partial charge in [0.15, 0.2) is 0 Å². The number of hydrogen-bond donors (Lipinski definition) is 0. The summed E-state index contributed by atoms with van der Waals surface area (Å²) in [5.41, 5.74) is 1.09. The predicted octanol–water partition coefficient (Wildman–Crippen LogP) is 2.14. The molecule has 0 radical (unpaired) electrons. The average Bonchev–Trinajstić information content (AvgIpc) is 2.86. The monoisotopic (exact) mass is 294 g/mol. The number of ether oxygens (including phenoxy) is 1. The fourth-order valence-corrected chi connectivity index (χ4v) is 5.38. The molecule has 21 heavy (non-hydrogen) atoms. The van der Waals surface area contributed by atoms with Crippen molar-refractivity contribution >= 4 is 5.97 Å². The minimum Gasteiger partial charge on any atom is -0.466 e. The Kier molecular flexibility index (Phi) is 4.28. The van der Waals surface area contributed by atoms with E-state index in [-0.39, 0.29) is 5.97 Å². The molecule has 120 valence electrons. The maximum absolute atomic E-state index is 11.5. The van der Waals surface area contributed by atoms with Crippen LogP contribution in [0.2, 0.25) is 0 Å². The molecule has 3 fully saturated rings. The first-order valence-corrected chi connectivity index (χ1v) is 8.66. The van der Waals surface area contributed by atoms with Crippen LogP contribution in [0.1, 0.15) is 45.4 Å². The van der Waals surface area contributed by atoms with E-state index in [1.54, 1.807) is 0 Å². The summed E-state index contributed by atoms with van der Waals surface area (Å²) in [7, 11) is 2.29. The Morgan fingerprint density at radius 3 is 2.29 bits per heavy atom. The molecule has 2 unspecified atom stereocenters. The van der Waals surface area contributed by atoms with Crippen LogP contribution in [0.5, 0.6) is 0 Å². The summed E-state index contributed by atoms with van der Waals surface area (Å²) in [6, 6.07) is 0. The Labute approximate surface area is 128 Å². The summed E-state index contributed by atoms with van der Waals surface area (Å²) in [5, 5.41) is 0. The minimum absolute atomic E-state index is 0.0367. The molecule has 1 saturated carbocycles. The fraction of sp³-hybridized carbons (Fsp3) is 0.941. The number of hydrogen-bond acceptors (Lipinski definition) is 4. The van der Waals surface area contributed by atoms with Crippen LogP contribution in [-0.2, 0) is 9.53 Å². The molecule has 0 spiro atoms. The molecule has 0 amide bonds. The van der Waals surface area contributed by atoms with Gasteiger partial charge in [0, 0.05) is 43.4 Å². The third kappa shape index (κ3) is 2.72. The van der Waals surface area contributed by atoms with Crippen LogP contribution in [0, 0.1) is 10.8 Å². The van der Waals surface area contributed by atoms with Crippen molar-refractivity contribution in [1.29, 1.82) is 0 Å². The van der Waals surface area contributed by atoms with E-state index < -0.39 is 0 Å². The molecule has 3 aliphatic rings. The van der Waals surface area contributed by atoms with Crippen molar-refractivity contribution in [3.8, 4) is 0 Å². The summed E-state index contributed by atoms with van der Waals surface area (Å²) >= 11 is 0. The lowest BCUT2D eigenvalue weighted by molar-refractivity contribution is -0.143. The van der Waals surface area contributed by atoms with Crippen LogP contribution < -0.4 is 0 Å². The first-order chi connectivity index (χ1) is 10.1. The molecule has 3 rings (SSSR count). The quantitative estimate of drug-likeness (QED) is 0.727. The first kappa shape index (κ1) is 15.3. The maximum atomic E-state index is 11.5. The summed E-state index contributed by atoms with van der Waals surface area (Å²) in [5.74, 6) is -0.0367. The van der Waals surface area contributed by atoms with E-state index in [4.69, 9.17) is 4.74 Å². The Bertz CT molecular complexity index is 376. The molecule has 2 atom stereocenters. The molecule has 0 aromatic heterocycles. The number of esters is 1. The Hall–Kier alpha value is -0.610. The van der Waals surface area contributed by atoms with Gasteiger partial charge in [0.05, 0.1) is 6.61 Å². The van der Waals surface area contributed by atoms with Gasteiger partial charge in [-0.1, -0.05) is 12.8 Å². The molecular formula is C17H30N2O2. The molecule has 1 aliphatic carbocycles. The minimum atomic E-state index is -0.0367. The van der Waals surface area contributed by atoms with Gasteiger partial charge in [-0.25, -0.2) is 0 Å². The van der Waals surface area contributed by atoms with Crippen molar-refractivity contribution in [2.75, 3.05) is 46.4 Å². The van der Waals surface area contributed by atoms with Gasteiger partial charge in [0.25, 0.3) is 0 Å². The lowest BCUT2D eigenvalue weighted by Gasteiger charge is -2.42. The van der Waals surface area contributed by atoms with Crippen LogP contribution in [0.4, 0.5) is 0 Å². The third-order valence-corrected chi connectivity index (χ3v) is 6.04. The Balaban J connectivity index is 1.56. The zero-order valence-corrected chi connectivity index (χ0v) is 13.7. The lowest BCUT2D eigenvalue weighted by atomic mass is 9.60.